The third-order valence-corrected chi connectivity index (χ3v) is 15.1. The minimum absolute atomic E-state index is 0.00602. The van der Waals surface area contributed by atoms with Crippen LogP contribution in [0.2, 0.25) is 0 Å². The van der Waals surface area contributed by atoms with E-state index in [0.29, 0.717) is 18.3 Å². The first-order chi connectivity index (χ1) is 21.9. The molecule has 5 aliphatic rings. The summed E-state index contributed by atoms with van der Waals surface area (Å²) in [5.41, 5.74) is 6.28. The molecule has 0 bridgehead atoms. The van der Waals surface area contributed by atoms with E-state index < -0.39 is 22.5 Å². The van der Waals surface area contributed by atoms with Crippen LogP contribution in [-0.2, 0) is 23.9 Å². The van der Waals surface area contributed by atoms with E-state index in [0.717, 1.165) is 56.9 Å². The van der Waals surface area contributed by atoms with Crippen molar-refractivity contribution in [2.45, 2.75) is 165 Å². The number of hydrogen-bond donors (Lipinski definition) is 2. The molecule has 0 aromatic heterocycles. The maximum atomic E-state index is 13.7. The zero-order valence-corrected chi connectivity index (χ0v) is 32.3. The number of fused-ring (bicyclic) bond motifs is 7. The van der Waals surface area contributed by atoms with Crippen LogP contribution in [-0.4, -0.2) is 47.2 Å². The molecule has 272 valence electrons. The lowest BCUT2D eigenvalue weighted by Crippen LogP contribution is -2.66. The van der Waals surface area contributed by atoms with Crippen LogP contribution < -0.4 is 5.73 Å². The van der Waals surface area contributed by atoms with Gasteiger partial charge in [-0.3, -0.25) is 14.4 Å². The minimum atomic E-state index is -0.967. The first kappa shape index (κ1) is 37.5. The summed E-state index contributed by atoms with van der Waals surface area (Å²) in [6.45, 7) is 25.7. The molecule has 9 atom stereocenters. The Balaban J connectivity index is 1.40. The fourth-order valence-electron chi connectivity index (χ4n) is 12.6. The van der Waals surface area contributed by atoms with Crippen molar-refractivity contribution >= 4 is 17.7 Å². The van der Waals surface area contributed by atoms with Crippen LogP contribution in [0.5, 0.6) is 0 Å². The zero-order chi connectivity index (χ0) is 36.0. The number of aliphatic hydroxyl groups excluding tert-OH is 1. The van der Waals surface area contributed by atoms with Gasteiger partial charge >= 0.3 is 11.9 Å². The van der Waals surface area contributed by atoms with Crippen molar-refractivity contribution in [2.75, 3.05) is 6.54 Å². The second-order valence-corrected chi connectivity index (χ2v) is 20.0. The topological polar surface area (TPSA) is 116 Å². The van der Waals surface area contributed by atoms with E-state index in [1.165, 1.54) is 5.57 Å². The Bertz CT molecular complexity index is 1350. The molecule has 4 saturated carbocycles. The fourth-order valence-corrected chi connectivity index (χ4v) is 12.6. The molecule has 0 aliphatic heterocycles. The van der Waals surface area contributed by atoms with Crippen LogP contribution >= 0.6 is 0 Å². The molecule has 0 aromatic carbocycles. The second kappa shape index (κ2) is 11.9. The number of esters is 2. The van der Waals surface area contributed by atoms with E-state index in [4.69, 9.17) is 15.2 Å². The molecule has 48 heavy (non-hydrogen) atoms. The Morgan fingerprint density at radius 3 is 2.12 bits per heavy atom. The minimum Gasteiger partial charge on any atom is -0.462 e. The van der Waals surface area contributed by atoms with E-state index >= 15 is 0 Å². The quantitative estimate of drug-likeness (QED) is 0.264. The lowest BCUT2D eigenvalue weighted by atomic mass is 9.33. The average molecular weight is 670 g/mol. The number of allylic oxidation sites excluding steroid dienone is 1. The molecule has 0 amide bonds. The standard InChI is InChI=1S/C41H67NO6/c1-24(2)32-26(43)21-41(29(44)23-42)20-19-39(11)25(33(32)41)13-14-28-38(10)17-16-30(37(8,9)27(38)15-18-40(28,39)12)47-31(45)22-36(6,7)34(46)48-35(3,4)5/h24-25,27-30,44H,13-23,42H2,1-12H3/t25-,27-,28-,29?,30+,38+,39-,40-,41?/m1/s1. The van der Waals surface area contributed by atoms with Crippen molar-refractivity contribution in [1.29, 1.82) is 0 Å². The van der Waals surface area contributed by atoms with Gasteiger partial charge in [0.25, 0.3) is 0 Å². The van der Waals surface area contributed by atoms with Crippen LogP contribution in [0.1, 0.15) is 147 Å². The molecule has 0 saturated heterocycles. The lowest BCUT2D eigenvalue weighted by Gasteiger charge is -2.72. The third kappa shape index (κ3) is 5.54. The molecule has 4 fully saturated rings. The summed E-state index contributed by atoms with van der Waals surface area (Å²) in [5.74, 6) is 0.836. The Morgan fingerprint density at radius 1 is 0.896 bits per heavy atom. The van der Waals surface area contributed by atoms with E-state index in [2.05, 4.69) is 48.5 Å². The first-order valence-electron chi connectivity index (χ1n) is 19.0. The summed E-state index contributed by atoms with van der Waals surface area (Å²) in [6.07, 6.45) is 7.46. The summed E-state index contributed by atoms with van der Waals surface area (Å²) >= 11 is 0. The highest BCUT2D eigenvalue weighted by Gasteiger charge is 2.70. The number of nitrogens with two attached hydrogens (primary N) is 1. The van der Waals surface area contributed by atoms with Crippen molar-refractivity contribution in [3.63, 3.8) is 0 Å². The van der Waals surface area contributed by atoms with Crippen molar-refractivity contribution in [2.24, 2.45) is 61.9 Å². The number of Topliss-reactive ketones (excluding diaryl/α,β-unsaturated/α-hetero) is 1. The smallest absolute Gasteiger partial charge is 0.312 e. The van der Waals surface area contributed by atoms with E-state index in [1.54, 1.807) is 13.8 Å². The molecule has 5 rings (SSSR count). The van der Waals surface area contributed by atoms with Gasteiger partial charge in [0.15, 0.2) is 5.78 Å². The second-order valence-electron chi connectivity index (χ2n) is 20.0. The third-order valence-electron chi connectivity index (χ3n) is 15.1. The van der Waals surface area contributed by atoms with Crippen molar-refractivity contribution in [3.05, 3.63) is 11.1 Å². The van der Waals surface area contributed by atoms with E-state index in [1.807, 2.05) is 20.8 Å². The van der Waals surface area contributed by atoms with E-state index in [-0.39, 0.29) is 70.3 Å². The van der Waals surface area contributed by atoms with Crippen molar-refractivity contribution < 1.29 is 29.0 Å². The van der Waals surface area contributed by atoms with Crippen LogP contribution in [0.15, 0.2) is 11.1 Å². The summed E-state index contributed by atoms with van der Waals surface area (Å²) in [5, 5.41) is 11.4. The maximum absolute atomic E-state index is 13.7. The van der Waals surface area contributed by atoms with Gasteiger partial charge in [0, 0.05) is 23.8 Å². The highest BCUT2D eigenvalue weighted by Crippen LogP contribution is 2.77. The average Bonchev–Trinajstić information content (AvgIpc) is 3.26. The molecule has 0 spiro atoms. The molecular weight excluding hydrogens is 602 g/mol. The van der Waals surface area contributed by atoms with Gasteiger partial charge in [-0.25, -0.2) is 0 Å². The number of aliphatic hydroxyl groups is 1. The van der Waals surface area contributed by atoms with Crippen LogP contribution in [0.4, 0.5) is 0 Å². The van der Waals surface area contributed by atoms with Gasteiger partial charge in [0.1, 0.15) is 11.7 Å². The monoisotopic (exact) mass is 669 g/mol. The van der Waals surface area contributed by atoms with Gasteiger partial charge in [-0.1, -0.05) is 54.0 Å². The predicted octanol–water partition coefficient (Wildman–Crippen LogP) is 7.96. The van der Waals surface area contributed by atoms with Crippen LogP contribution in [0.25, 0.3) is 0 Å². The van der Waals surface area contributed by atoms with Crippen LogP contribution in [0, 0.1) is 56.2 Å². The zero-order valence-electron chi connectivity index (χ0n) is 32.3. The lowest BCUT2D eigenvalue weighted by molar-refractivity contribution is -0.235. The summed E-state index contributed by atoms with van der Waals surface area (Å²) < 4.78 is 11.9. The number of hydrogen-bond acceptors (Lipinski definition) is 7. The number of carbonyl (C=O) groups is 3. The normalized spacial score (nSPS) is 40.0. The Labute approximate surface area is 290 Å². The Kier molecular flexibility index (Phi) is 9.32. The SMILES string of the molecule is CC(C)C1=C2[C@H]3CC[C@@H]4[C@@]5(C)CC[C@H](OC(=O)CC(C)(C)C(=O)OC(C)(C)C)C(C)(C)[C@H]5CC[C@@]4(C)[C@]3(C)CCC2(C(O)CN)CC1=O. The molecule has 7 nitrogen and oxygen atoms in total. The molecule has 0 aromatic rings. The van der Waals surface area contributed by atoms with Crippen molar-refractivity contribution in [1.82, 2.24) is 0 Å². The Morgan fingerprint density at radius 2 is 1.54 bits per heavy atom. The molecular formula is C41H67NO6. The van der Waals surface area contributed by atoms with Crippen molar-refractivity contribution in [3.8, 4) is 0 Å². The summed E-state index contributed by atoms with van der Waals surface area (Å²) in [4.78, 5) is 39.9. The fraction of sp³-hybridized carbons (Fsp3) is 0.878. The molecule has 0 heterocycles. The van der Waals surface area contributed by atoms with Gasteiger partial charge in [0.2, 0.25) is 0 Å². The van der Waals surface area contributed by atoms with Crippen LogP contribution in [0.3, 0.4) is 0 Å². The molecule has 0 radical (unpaired) electrons. The molecule has 5 aliphatic carbocycles. The Hall–Kier alpha value is -1.73. The number of rotatable bonds is 7. The highest BCUT2D eigenvalue weighted by atomic mass is 16.6. The highest BCUT2D eigenvalue weighted by molar-refractivity contribution is 6.00. The van der Waals surface area contributed by atoms with Gasteiger partial charge in [-0.05, 0) is 131 Å². The summed E-state index contributed by atoms with van der Waals surface area (Å²) in [7, 11) is 0. The van der Waals surface area contributed by atoms with Gasteiger partial charge in [0.05, 0.1) is 17.9 Å². The summed E-state index contributed by atoms with van der Waals surface area (Å²) in [6, 6.07) is 0. The number of ketones is 1. The predicted molar refractivity (Wildman–Crippen MR) is 189 cm³/mol. The molecule has 2 unspecified atom stereocenters. The van der Waals surface area contributed by atoms with E-state index in [9.17, 15) is 19.5 Å². The first-order valence-corrected chi connectivity index (χ1v) is 19.0. The van der Waals surface area contributed by atoms with Gasteiger partial charge < -0.3 is 20.3 Å². The largest absolute Gasteiger partial charge is 0.462 e. The van der Waals surface area contributed by atoms with Gasteiger partial charge in [-0.15, -0.1) is 0 Å². The van der Waals surface area contributed by atoms with Gasteiger partial charge in [-0.2, -0.15) is 0 Å². The molecule has 3 N–H and O–H groups in total. The number of ether oxygens (including phenoxy) is 2. The number of carbonyl (C=O) groups excluding carboxylic acids is 3. The maximum Gasteiger partial charge on any atom is 0.312 e. The molecule has 7 heteroatoms.